The number of imidazole rings is 1. The smallest absolute Gasteiger partial charge is 0.274 e. The third kappa shape index (κ3) is 3.38. The Hall–Kier alpha value is -2.08. The summed E-state index contributed by atoms with van der Waals surface area (Å²) < 4.78 is 1.71. The Morgan fingerprint density at radius 2 is 2.25 bits per heavy atom. The minimum absolute atomic E-state index is 0.000267. The van der Waals surface area contributed by atoms with E-state index in [2.05, 4.69) is 10.3 Å². The molecule has 24 heavy (non-hydrogen) atoms. The third-order valence-electron chi connectivity index (χ3n) is 4.24. The topological polar surface area (TPSA) is 66.7 Å². The van der Waals surface area contributed by atoms with Crippen LogP contribution in [-0.4, -0.2) is 45.2 Å². The fraction of sp³-hybridized carbons (Fsp3) is 0.471. The van der Waals surface area contributed by atoms with E-state index >= 15 is 0 Å². The van der Waals surface area contributed by atoms with Crippen molar-refractivity contribution in [3.8, 4) is 0 Å². The predicted octanol–water partition coefficient (Wildman–Crippen LogP) is 2.51. The Kier molecular flexibility index (Phi) is 5.04. The number of nitrogens with one attached hydrogen (secondary N) is 1. The number of pyridine rings is 1. The maximum Gasteiger partial charge on any atom is 0.274 e. The van der Waals surface area contributed by atoms with Gasteiger partial charge in [0.05, 0.1) is 0 Å². The summed E-state index contributed by atoms with van der Waals surface area (Å²) in [5, 5.41) is 3.22. The number of carbonyl (C=O) groups is 2. The fourth-order valence-electron chi connectivity index (χ4n) is 3.11. The molecule has 2 aromatic heterocycles. The highest BCUT2D eigenvalue weighted by Gasteiger charge is 2.28. The first-order chi connectivity index (χ1) is 11.6. The summed E-state index contributed by atoms with van der Waals surface area (Å²) >= 11 is 6.19. The van der Waals surface area contributed by atoms with Gasteiger partial charge in [-0.15, -0.1) is 0 Å². The average Bonchev–Trinajstić information content (AvgIpc) is 2.90. The molecule has 1 atom stereocenters. The lowest BCUT2D eigenvalue weighted by atomic mass is 10.0. The number of hydrogen-bond donors (Lipinski definition) is 1. The van der Waals surface area contributed by atoms with Crippen molar-refractivity contribution in [1.29, 1.82) is 0 Å². The van der Waals surface area contributed by atoms with Gasteiger partial charge >= 0.3 is 0 Å². The molecular weight excluding hydrogens is 328 g/mol. The molecule has 1 aliphatic rings. The molecule has 1 fully saturated rings. The second kappa shape index (κ2) is 7.21. The molecule has 2 aromatic rings. The first kappa shape index (κ1) is 16.8. The Labute approximate surface area is 145 Å². The van der Waals surface area contributed by atoms with Gasteiger partial charge in [0, 0.05) is 31.7 Å². The molecule has 2 amide bonds. The molecule has 0 saturated carbocycles. The normalized spacial score (nSPS) is 17.9. The second-order valence-electron chi connectivity index (χ2n) is 6.09. The van der Waals surface area contributed by atoms with Crippen molar-refractivity contribution in [2.75, 3.05) is 13.1 Å². The molecule has 0 bridgehead atoms. The van der Waals surface area contributed by atoms with Crippen LogP contribution in [0.15, 0.2) is 24.4 Å². The van der Waals surface area contributed by atoms with Crippen LogP contribution in [0, 0.1) is 0 Å². The molecule has 1 aliphatic heterocycles. The molecular formula is C17H21ClN4O2. The molecule has 7 heteroatoms. The van der Waals surface area contributed by atoms with E-state index < -0.39 is 0 Å². The van der Waals surface area contributed by atoms with Gasteiger partial charge in [-0.05, 0) is 31.4 Å². The van der Waals surface area contributed by atoms with E-state index in [-0.39, 0.29) is 23.0 Å². The molecule has 6 nitrogen and oxygen atoms in total. The Bertz CT molecular complexity index is 758. The number of piperidine rings is 1. The van der Waals surface area contributed by atoms with Crippen molar-refractivity contribution in [2.45, 2.75) is 38.6 Å². The molecule has 0 spiro atoms. The van der Waals surface area contributed by atoms with Crippen LogP contribution < -0.4 is 5.32 Å². The van der Waals surface area contributed by atoms with Crippen LogP contribution in [0.5, 0.6) is 0 Å². The van der Waals surface area contributed by atoms with Crippen molar-refractivity contribution in [2.24, 2.45) is 0 Å². The van der Waals surface area contributed by atoms with Crippen molar-refractivity contribution < 1.29 is 9.59 Å². The monoisotopic (exact) mass is 348 g/mol. The van der Waals surface area contributed by atoms with Gasteiger partial charge < -0.3 is 10.2 Å². The molecule has 1 N–H and O–H groups in total. The van der Waals surface area contributed by atoms with Gasteiger partial charge in [-0.3, -0.25) is 14.0 Å². The van der Waals surface area contributed by atoms with Crippen molar-refractivity contribution in [3.63, 3.8) is 0 Å². The molecule has 1 saturated heterocycles. The number of halogens is 1. The van der Waals surface area contributed by atoms with Crippen molar-refractivity contribution in [3.05, 3.63) is 35.2 Å². The number of amides is 2. The van der Waals surface area contributed by atoms with E-state index in [1.807, 2.05) is 25.1 Å². The number of aromatic nitrogens is 2. The zero-order chi connectivity index (χ0) is 17.1. The van der Waals surface area contributed by atoms with E-state index in [0.717, 1.165) is 19.3 Å². The number of fused-ring (bicyclic) bond motifs is 1. The van der Waals surface area contributed by atoms with Gasteiger partial charge in [0.15, 0.2) is 10.8 Å². The first-order valence-corrected chi connectivity index (χ1v) is 8.69. The Morgan fingerprint density at radius 3 is 3.04 bits per heavy atom. The van der Waals surface area contributed by atoms with Crippen LogP contribution in [0.2, 0.25) is 5.15 Å². The van der Waals surface area contributed by atoms with Crippen molar-refractivity contribution >= 4 is 29.1 Å². The van der Waals surface area contributed by atoms with Crippen LogP contribution in [-0.2, 0) is 4.79 Å². The number of carbonyl (C=O) groups excluding carboxylic acids is 2. The van der Waals surface area contributed by atoms with E-state index in [9.17, 15) is 9.59 Å². The summed E-state index contributed by atoms with van der Waals surface area (Å²) in [6.45, 7) is 3.14. The largest absolute Gasteiger partial charge is 0.352 e. The minimum Gasteiger partial charge on any atom is -0.352 e. The van der Waals surface area contributed by atoms with E-state index in [1.54, 1.807) is 15.5 Å². The number of rotatable bonds is 4. The molecule has 128 valence electrons. The van der Waals surface area contributed by atoms with E-state index in [0.29, 0.717) is 30.9 Å². The summed E-state index contributed by atoms with van der Waals surface area (Å²) in [7, 11) is 0. The number of likely N-dealkylation sites (tertiary alicyclic amines) is 1. The van der Waals surface area contributed by atoms with E-state index in [1.165, 1.54) is 0 Å². The highest BCUT2D eigenvalue weighted by molar-refractivity contribution is 6.32. The lowest BCUT2D eigenvalue weighted by Crippen LogP contribution is -2.49. The SMILES string of the molecule is CCCC(=O)N[C@H]1CCCN(C(=O)c2c(Cl)nc3ccccn23)C1. The number of nitrogens with zero attached hydrogens (tertiary/aromatic N) is 3. The standard InChI is InChI=1S/C17H21ClN4O2/c1-2-6-14(23)19-12-7-5-9-21(11-12)17(24)15-16(18)20-13-8-3-4-10-22(13)15/h3-4,8,10,12H,2,5-7,9,11H2,1H3,(H,19,23)/t12-/m0/s1. The highest BCUT2D eigenvalue weighted by Crippen LogP contribution is 2.21. The number of hydrogen-bond acceptors (Lipinski definition) is 3. The summed E-state index contributed by atoms with van der Waals surface area (Å²) in [6, 6.07) is 5.51. The molecule has 0 aliphatic carbocycles. The zero-order valence-corrected chi connectivity index (χ0v) is 14.4. The summed E-state index contributed by atoms with van der Waals surface area (Å²) in [4.78, 5) is 30.7. The van der Waals surface area contributed by atoms with Crippen LogP contribution in [0.25, 0.3) is 5.65 Å². The minimum atomic E-state index is -0.145. The van der Waals surface area contributed by atoms with Crippen molar-refractivity contribution in [1.82, 2.24) is 19.6 Å². The fourth-order valence-corrected chi connectivity index (χ4v) is 3.37. The third-order valence-corrected chi connectivity index (χ3v) is 4.50. The van der Waals surface area contributed by atoms with Crippen LogP contribution in [0.1, 0.15) is 43.1 Å². The van der Waals surface area contributed by atoms with Gasteiger partial charge in [-0.1, -0.05) is 24.6 Å². The van der Waals surface area contributed by atoms with E-state index in [4.69, 9.17) is 11.6 Å². The van der Waals surface area contributed by atoms with Crippen LogP contribution >= 0.6 is 11.6 Å². The average molecular weight is 349 g/mol. The lowest BCUT2D eigenvalue weighted by Gasteiger charge is -2.33. The molecule has 0 radical (unpaired) electrons. The Morgan fingerprint density at radius 1 is 1.42 bits per heavy atom. The predicted molar refractivity (Wildman–Crippen MR) is 92.2 cm³/mol. The Balaban J connectivity index is 1.76. The van der Waals surface area contributed by atoms with Gasteiger partial charge in [-0.2, -0.15) is 0 Å². The summed E-state index contributed by atoms with van der Waals surface area (Å²) in [5.74, 6) is -0.0993. The summed E-state index contributed by atoms with van der Waals surface area (Å²) in [6.07, 6.45) is 4.87. The highest BCUT2D eigenvalue weighted by atomic mass is 35.5. The quantitative estimate of drug-likeness (QED) is 0.923. The summed E-state index contributed by atoms with van der Waals surface area (Å²) in [5.41, 5.74) is 1.03. The van der Waals surface area contributed by atoms with Gasteiger partial charge in [0.25, 0.3) is 5.91 Å². The zero-order valence-electron chi connectivity index (χ0n) is 13.7. The maximum atomic E-state index is 12.9. The van der Waals surface area contributed by atoms with Gasteiger partial charge in [-0.25, -0.2) is 4.98 Å². The first-order valence-electron chi connectivity index (χ1n) is 8.31. The van der Waals surface area contributed by atoms with Gasteiger partial charge in [0.1, 0.15) is 5.65 Å². The van der Waals surface area contributed by atoms with Crippen LogP contribution in [0.3, 0.4) is 0 Å². The molecule has 0 aromatic carbocycles. The second-order valence-corrected chi connectivity index (χ2v) is 6.45. The molecule has 3 heterocycles. The molecule has 3 rings (SSSR count). The van der Waals surface area contributed by atoms with Gasteiger partial charge in [0.2, 0.25) is 5.91 Å². The molecule has 0 unspecified atom stereocenters. The van der Waals surface area contributed by atoms with Crippen LogP contribution in [0.4, 0.5) is 0 Å². The maximum absolute atomic E-state index is 12.9. The lowest BCUT2D eigenvalue weighted by molar-refractivity contribution is -0.122.